The Labute approximate surface area is 358 Å². The number of nitrogens with one attached hydrogen (secondary N) is 2. The molecule has 9 nitrogen and oxygen atoms in total. The highest BCUT2D eigenvalue weighted by molar-refractivity contribution is 7.89. The van der Waals surface area contributed by atoms with E-state index in [1.165, 1.54) is 56.9 Å². The summed E-state index contributed by atoms with van der Waals surface area (Å²) in [6.45, 7) is 8.60. The van der Waals surface area contributed by atoms with Crippen LogP contribution in [0.4, 0.5) is 0 Å². The van der Waals surface area contributed by atoms with Crippen LogP contribution in [0.1, 0.15) is 213 Å². The van der Waals surface area contributed by atoms with E-state index in [2.05, 4.69) is 49.3 Å². The zero-order valence-corrected chi connectivity index (χ0v) is 40.2. The molecule has 0 spiro atoms. The first-order chi connectivity index (χ1) is 28.0. The first-order valence-corrected chi connectivity index (χ1v) is 28.9. The van der Waals surface area contributed by atoms with Gasteiger partial charge in [-0.3, -0.25) is 4.57 Å². The molecule has 0 aliphatic heterocycles. The van der Waals surface area contributed by atoms with E-state index < -0.39 is 39.7 Å². The predicted molar refractivity (Wildman–Crippen MR) is 248 cm³/mol. The van der Waals surface area contributed by atoms with E-state index in [-0.39, 0.29) is 30.9 Å². The molecule has 0 radical (unpaired) electrons. The predicted octanol–water partition coefficient (Wildman–Crippen LogP) is 13.0. The molecule has 58 heavy (non-hydrogen) atoms. The van der Waals surface area contributed by atoms with Gasteiger partial charge in [0.15, 0.2) is 0 Å². The normalized spacial score (nSPS) is 14.4. The molecule has 12 heteroatoms. The van der Waals surface area contributed by atoms with Crippen molar-refractivity contribution in [2.24, 2.45) is 0 Å². The fraction of sp³-hybridized carbons (Fsp3) is 0.870. The molecule has 0 saturated heterocycles. The number of aryl methyl sites for hydroxylation is 1. The van der Waals surface area contributed by atoms with Crippen molar-refractivity contribution in [2.75, 3.05) is 30.9 Å². The van der Waals surface area contributed by atoms with Crippen molar-refractivity contribution in [3.05, 3.63) is 35.9 Å². The first kappa shape index (κ1) is 55.2. The average molecular weight is 877 g/mol. The molecule has 1 rings (SSSR count). The summed E-state index contributed by atoms with van der Waals surface area (Å²) in [5.41, 5.74) is 1.20. The van der Waals surface area contributed by atoms with E-state index in [0.29, 0.717) is 32.1 Å². The molecule has 2 unspecified atom stereocenters. The van der Waals surface area contributed by atoms with Crippen LogP contribution >= 0.6 is 7.60 Å². The Morgan fingerprint density at radius 1 is 0.483 bits per heavy atom. The van der Waals surface area contributed by atoms with Crippen LogP contribution in [0.2, 0.25) is 0 Å². The van der Waals surface area contributed by atoms with Crippen LogP contribution < -0.4 is 9.44 Å². The molecule has 0 aromatic heterocycles. The minimum atomic E-state index is -3.72. The highest BCUT2D eigenvalue weighted by Crippen LogP contribution is 2.49. The lowest BCUT2D eigenvalue weighted by Gasteiger charge is -2.26. The van der Waals surface area contributed by atoms with Crippen LogP contribution in [0.25, 0.3) is 0 Å². The van der Waals surface area contributed by atoms with Gasteiger partial charge in [0.2, 0.25) is 20.0 Å². The molecule has 0 aliphatic rings. The van der Waals surface area contributed by atoms with Crippen LogP contribution in [0.5, 0.6) is 0 Å². The number of unbranched alkanes of at least 4 members (excludes halogenated alkanes) is 21. The van der Waals surface area contributed by atoms with Crippen molar-refractivity contribution in [3.8, 4) is 0 Å². The fourth-order valence-corrected chi connectivity index (χ4v) is 11.9. The monoisotopic (exact) mass is 877 g/mol. The van der Waals surface area contributed by atoms with Crippen molar-refractivity contribution in [1.29, 1.82) is 0 Å². The highest BCUT2D eigenvalue weighted by atomic mass is 32.2. The lowest BCUT2D eigenvalue weighted by atomic mass is 10.1. The second-order valence-electron chi connectivity index (χ2n) is 16.8. The van der Waals surface area contributed by atoms with Gasteiger partial charge in [-0.1, -0.05) is 199 Å². The third-order valence-electron chi connectivity index (χ3n) is 11.0. The summed E-state index contributed by atoms with van der Waals surface area (Å²) >= 11 is 0. The van der Waals surface area contributed by atoms with E-state index in [1.807, 2.05) is 18.2 Å². The van der Waals surface area contributed by atoms with E-state index in [1.54, 1.807) is 0 Å². The van der Waals surface area contributed by atoms with Gasteiger partial charge in [0.05, 0.1) is 30.9 Å². The van der Waals surface area contributed by atoms with Crippen LogP contribution in [-0.2, 0) is 40.1 Å². The molecular formula is C46H89N2O7PS2. The number of sulfonamides is 2. The Hall–Kier alpha value is -0.810. The lowest BCUT2D eigenvalue weighted by molar-refractivity contribution is 0.175. The molecule has 2 N–H and O–H groups in total. The average Bonchev–Trinajstić information content (AvgIpc) is 3.20. The number of hydrogen-bond acceptors (Lipinski definition) is 7. The van der Waals surface area contributed by atoms with Gasteiger partial charge in [0.25, 0.3) is 0 Å². The molecule has 342 valence electrons. The van der Waals surface area contributed by atoms with Crippen molar-refractivity contribution in [3.63, 3.8) is 0 Å². The molecule has 1 aromatic carbocycles. The van der Waals surface area contributed by atoms with Gasteiger partial charge in [-0.15, -0.1) is 0 Å². The number of hydrogen-bond donors (Lipinski definition) is 2. The molecule has 0 saturated carbocycles. The lowest BCUT2D eigenvalue weighted by Crippen LogP contribution is -2.40. The van der Waals surface area contributed by atoms with E-state index in [0.717, 1.165) is 103 Å². The van der Waals surface area contributed by atoms with Crippen molar-refractivity contribution in [1.82, 2.24) is 9.44 Å². The molecule has 0 fully saturated rings. The molecule has 0 aliphatic carbocycles. The van der Waals surface area contributed by atoms with Crippen LogP contribution in [0, 0.1) is 0 Å². The Morgan fingerprint density at radius 3 is 1.24 bits per heavy atom. The van der Waals surface area contributed by atoms with Gasteiger partial charge >= 0.3 is 7.60 Å². The minimum absolute atomic E-state index is 0.0515. The van der Waals surface area contributed by atoms with Gasteiger partial charge in [0.1, 0.15) is 0 Å². The summed E-state index contributed by atoms with van der Waals surface area (Å²) in [6.07, 6.45) is 28.7. The highest BCUT2D eigenvalue weighted by Gasteiger charge is 2.30. The standard InChI is InChI=1S/C46H89N2O7PS2/c1-5-9-13-17-19-21-23-32-40-57(50,51)47-45(37-28-15-11-7-3)42-54-56(49,39-31-30-36-44-34-26-25-27-35-44)55-43-46(38-29-16-12-8-4)48-58(52,53)41-33-24-22-20-18-14-10-6-2/h25-27,34-35,45-48H,5-24,28-33,36-43H2,1-4H3. The third-order valence-corrected chi connectivity index (χ3v) is 16.0. The topological polar surface area (TPSA) is 128 Å². The quantitative estimate of drug-likeness (QED) is 0.0494. The van der Waals surface area contributed by atoms with Crippen molar-refractivity contribution < 1.29 is 30.4 Å². The molecule has 0 bridgehead atoms. The van der Waals surface area contributed by atoms with Crippen molar-refractivity contribution >= 4 is 27.6 Å². The zero-order chi connectivity index (χ0) is 42.6. The fourth-order valence-electron chi connectivity index (χ4n) is 7.32. The van der Waals surface area contributed by atoms with E-state index >= 15 is 0 Å². The van der Waals surface area contributed by atoms with E-state index in [4.69, 9.17) is 9.05 Å². The maximum absolute atomic E-state index is 14.6. The van der Waals surface area contributed by atoms with E-state index in [9.17, 15) is 21.4 Å². The van der Waals surface area contributed by atoms with Gasteiger partial charge in [0, 0.05) is 12.1 Å². The van der Waals surface area contributed by atoms with Crippen LogP contribution in [0.15, 0.2) is 30.3 Å². The summed E-state index contributed by atoms with van der Waals surface area (Å²) in [5.74, 6) is 0.139. The van der Waals surface area contributed by atoms with Gasteiger partial charge in [-0.25, -0.2) is 26.3 Å². The molecule has 0 amide bonds. The van der Waals surface area contributed by atoms with Crippen LogP contribution in [0.3, 0.4) is 0 Å². The Kier molecular flexibility index (Phi) is 34.0. The molecule has 1 aromatic rings. The Bertz CT molecular complexity index is 1270. The Balaban J connectivity index is 3.02. The summed E-state index contributed by atoms with van der Waals surface area (Å²) in [6, 6.07) is 9.14. The van der Waals surface area contributed by atoms with Gasteiger partial charge in [-0.05, 0) is 50.5 Å². The van der Waals surface area contributed by atoms with Gasteiger partial charge < -0.3 is 9.05 Å². The zero-order valence-electron chi connectivity index (χ0n) is 37.7. The molecule has 2 atom stereocenters. The van der Waals surface area contributed by atoms with Crippen LogP contribution in [-0.4, -0.2) is 59.8 Å². The number of benzene rings is 1. The summed E-state index contributed by atoms with van der Waals surface area (Å²) in [4.78, 5) is 0. The SMILES string of the molecule is CCCCCCCCCCS(=O)(=O)NC(CCCCCC)COP(=O)(CCCCc1ccccc1)OCC(CCCCCC)NS(=O)(=O)CCCCCCCCCC. The summed E-state index contributed by atoms with van der Waals surface area (Å²) in [7, 11) is -10.8. The largest absolute Gasteiger partial charge is 0.330 e. The summed E-state index contributed by atoms with van der Waals surface area (Å²) < 4.78 is 86.0. The second-order valence-corrected chi connectivity index (χ2v) is 22.7. The third kappa shape index (κ3) is 32.0. The summed E-state index contributed by atoms with van der Waals surface area (Å²) in [5, 5.41) is 0. The molecular weight excluding hydrogens is 788 g/mol. The second kappa shape index (κ2) is 35.8. The minimum Gasteiger partial charge on any atom is -0.307 e. The maximum Gasteiger partial charge on any atom is 0.330 e. The first-order valence-electron chi connectivity index (χ1n) is 23.9. The Morgan fingerprint density at radius 2 is 0.845 bits per heavy atom. The smallest absolute Gasteiger partial charge is 0.307 e. The molecule has 0 heterocycles. The van der Waals surface area contributed by atoms with Gasteiger partial charge in [-0.2, -0.15) is 0 Å². The maximum atomic E-state index is 14.6. The number of rotatable bonds is 43. The van der Waals surface area contributed by atoms with Crippen molar-refractivity contribution in [2.45, 2.75) is 226 Å².